The number of rotatable bonds is 8. The normalized spacial score (nSPS) is 22.8. The number of nitrogens with zero attached hydrogens (tertiary/aromatic N) is 2. The van der Waals surface area contributed by atoms with E-state index in [2.05, 4.69) is 16.7 Å². The minimum Gasteiger partial charge on any atom is -0.380 e. The zero-order chi connectivity index (χ0) is 14.3. The zero-order valence-electron chi connectivity index (χ0n) is 12.5. The molecule has 0 aromatic carbocycles. The second-order valence-electron chi connectivity index (χ2n) is 5.23. The van der Waals surface area contributed by atoms with E-state index in [1.165, 1.54) is 6.26 Å². The summed E-state index contributed by atoms with van der Waals surface area (Å²) in [5.41, 5.74) is 0. The fraction of sp³-hybridized carbons (Fsp3) is 1.00. The van der Waals surface area contributed by atoms with Gasteiger partial charge in [0.2, 0.25) is 0 Å². The van der Waals surface area contributed by atoms with Gasteiger partial charge < -0.3 is 4.74 Å². The first-order valence-electron chi connectivity index (χ1n) is 7.18. The minimum absolute atomic E-state index is 0.266. The number of hydrogen-bond acceptors (Lipinski definition) is 5. The fourth-order valence-electron chi connectivity index (χ4n) is 2.46. The van der Waals surface area contributed by atoms with Crippen LogP contribution in [-0.4, -0.2) is 82.2 Å². The van der Waals surface area contributed by atoms with Crippen LogP contribution in [0.3, 0.4) is 0 Å². The molecule has 1 heterocycles. The van der Waals surface area contributed by atoms with E-state index in [9.17, 15) is 8.42 Å². The molecule has 6 heteroatoms. The Morgan fingerprint density at radius 2 is 1.95 bits per heavy atom. The predicted octanol–water partition coefficient (Wildman–Crippen LogP) is 0.464. The molecule has 5 nitrogen and oxygen atoms in total. The molecule has 0 amide bonds. The third-order valence-electron chi connectivity index (χ3n) is 3.67. The topological polar surface area (TPSA) is 49.9 Å². The summed E-state index contributed by atoms with van der Waals surface area (Å²) < 4.78 is 27.8. The highest BCUT2D eigenvalue weighted by molar-refractivity contribution is 7.90. The quantitative estimate of drug-likeness (QED) is 0.609. The van der Waals surface area contributed by atoms with E-state index >= 15 is 0 Å². The highest BCUT2D eigenvalue weighted by atomic mass is 32.2. The van der Waals surface area contributed by atoms with Gasteiger partial charge in [-0.15, -0.1) is 0 Å². The molecule has 1 fully saturated rings. The first-order valence-corrected chi connectivity index (χ1v) is 9.24. The van der Waals surface area contributed by atoms with Gasteiger partial charge in [0.25, 0.3) is 0 Å². The molecule has 0 saturated carbocycles. The van der Waals surface area contributed by atoms with Crippen LogP contribution in [0.4, 0.5) is 0 Å². The van der Waals surface area contributed by atoms with Gasteiger partial charge in [-0.1, -0.05) is 6.92 Å². The zero-order valence-corrected chi connectivity index (χ0v) is 13.3. The molecule has 0 unspecified atom stereocenters. The third-order valence-corrected chi connectivity index (χ3v) is 4.59. The number of ether oxygens (including phenoxy) is 1. The molecule has 1 saturated heterocycles. The maximum atomic E-state index is 11.2. The largest absolute Gasteiger partial charge is 0.380 e. The number of piperazine rings is 1. The maximum absolute atomic E-state index is 11.2. The highest BCUT2D eigenvalue weighted by Crippen LogP contribution is 2.12. The summed E-state index contributed by atoms with van der Waals surface area (Å²) in [6, 6.07) is 0.522. The molecule has 0 aromatic heterocycles. The lowest BCUT2D eigenvalue weighted by molar-refractivity contribution is 0.0435. The summed E-state index contributed by atoms with van der Waals surface area (Å²) in [5.74, 6) is 0.266. The Labute approximate surface area is 117 Å². The van der Waals surface area contributed by atoms with E-state index in [0.29, 0.717) is 12.6 Å². The van der Waals surface area contributed by atoms with E-state index in [4.69, 9.17) is 4.74 Å². The lowest BCUT2D eigenvalue weighted by Crippen LogP contribution is -2.54. The van der Waals surface area contributed by atoms with Gasteiger partial charge in [-0.3, -0.25) is 9.80 Å². The molecule has 0 aromatic rings. The van der Waals surface area contributed by atoms with Gasteiger partial charge in [0, 0.05) is 51.6 Å². The molecule has 19 heavy (non-hydrogen) atoms. The highest BCUT2D eigenvalue weighted by Gasteiger charge is 2.25. The third kappa shape index (κ3) is 6.70. The van der Waals surface area contributed by atoms with Gasteiger partial charge in [-0.2, -0.15) is 0 Å². The Hall–Kier alpha value is -0.170. The van der Waals surface area contributed by atoms with E-state index in [0.717, 1.165) is 45.8 Å². The Bertz CT molecular complexity index is 346. The monoisotopic (exact) mass is 292 g/mol. The van der Waals surface area contributed by atoms with E-state index in [1.54, 1.807) is 0 Å². The molecule has 1 rings (SSSR count). The number of sulfone groups is 1. The van der Waals surface area contributed by atoms with Crippen LogP contribution in [0.5, 0.6) is 0 Å². The van der Waals surface area contributed by atoms with E-state index < -0.39 is 9.84 Å². The summed E-state index contributed by atoms with van der Waals surface area (Å²) in [6.45, 7) is 10.3. The van der Waals surface area contributed by atoms with Crippen LogP contribution in [0.2, 0.25) is 0 Å². The van der Waals surface area contributed by atoms with Gasteiger partial charge in [-0.05, 0) is 13.3 Å². The van der Waals surface area contributed by atoms with Crippen molar-refractivity contribution in [3.8, 4) is 0 Å². The molecule has 0 bridgehead atoms. The van der Waals surface area contributed by atoms with Gasteiger partial charge in [-0.25, -0.2) is 8.42 Å². The van der Waals surface area contributed by atoms with Crippen LogP contribution in [-0.2, 0) is 14.6 Å². The van der Waals surface area contributed by atoms with Crippen molar-refractivity contribution in [3.63, 3.8) is 0 Å². The van der Waals surface area contributed by atoms with Crippen LogP contribution < -0.4 is 0 Å². The molecule has 0 radical (unpaired) electrons. The SMILES string of the molecule is CCOCCN1CCN(CCS(C)(=O)=O)C[C@H]1CC. The summed E-state index contributed by atoms with van der Waals surface area (Å²) in [7, 11) is -2.85. The summed E-state index contributed by atoms with van der Waals surface area (Å²) in [4.78, 5) is 4.74. The molecular weight excluding hydrogens is 264 g/mol. The van der Waals surface area contributed by atoms with E-state index in [1.807, 2.05) is 6.92 Å². The van der Waals surface area contributed by atoms with Crippen molar-refractivity contribution in [2.75, 3.05) is 57.9 Å². The Morgan fingerprint density at radius 1 is 1.21 bits per heavy atom. The summed E-state index contributed by atoms with van der Waals surface area (Å²) in [5, 5.41) is 0. The van der Waals surface area contributed by atoms with Crippen molar-refractivity contribution in [3.05, 3.63) is 0 Å². The molecular formula is C13H28N2O3S. The van der Waals surface area contributed by atoms with Crippen molar-refractivity contribution in [2.45, 2.75) is 26.3 Å². The van der Waals surface area contributed by atoms with E-state index in [-0.39, 0.29) is 5.75 Å². The van der Waals surface area contributed by atoms with Gasteiger partial charge >= 0.3 is 0 Å². The van der Waals surface area contributed by atoms with Crippen LogP contribution in [0.25, 0.3) is 0 Å². The average Bonchev–Trinajstić information content (AvgIpc) is 2.36. The lowest BCUT2D eigenvalue weighted by Gasteiger charge is -2.41. The lowest BCUT2D eigenvalue weighted by atomic mass is 10.1. The molecule has 0 N–H and O–H groups in total. The first kappa shape index (κ1) is 16.9. The molecule has 1 aliphatic heterocycles. The smallest absolute Gasteiger partial charge is 0.148 e. The Morgan fingerprint density at radius 3 is 2.53 bits per heavy atom. The number of hydrogen-bond donors (Lipinski definition) is 0. The molecule has 114 valence electrons. The Kier molecular flexibility index (Phi) is 7.28. The minimum atomic E-state index is -2.85. The molecule has 1 atom stereocenters. The van der Waals surface area contributed by atoms with Crippen molar-refractivity contribution >= 4 is 9.84 Å². The fourth-order valence-corrected chi connectivity index (χ4v) is 3.05. The van der Waals surface area contributed by atoms with Crippen LogP contribution in [0.15, 0.2) is 0 Å². The Balaban J connectivity index is 2.37. The standard InChI is InChI=1S/C13H28N2O3S/c1-4-13-12-14(9-11-19(3,16)17)6-7-15(13)8-10-18-5-2/h13H,4-12H2,1-3H3/t13-/m1/s1. The van der Waals surface area contributed by atoms with Crippen LogP contribution >= 0.6 is 0 Å². The summed E-state index contributed by atoms with van der Waals surface area (Å²) >= 11 is 0. The van der Waals surface area contributed by atoms with Crippen molar-refractivity contribution < 1.29 is 13.2 Å². The molecule has 0 aliphatic carbocycles. The average molecular weight is 292 g/mol. The molecule has 1 aliphatic rings. The second-order valence-corrected chi connectivity index (χ2v) is 7.49. The van der Waals surface area contributed by atoms with Crippen LogP contribution in [0, 0.1) is 0 Å². The second kappa shape index (κ2) is 8.19. The first-order chi connectivity index (χ1) is 8.96. The van der Waals surface area contributed by atoms with Crippen molar-refractivity contribution in [1.29, 1.82) is 0 Å². The predicted molar refractivity (Wildman–Crippen MR) is 78.3 cm³/mol. The van der Waals surface area contributed by atoms with Gasteiger partial charge in [0.1, 0.15) is 9.84 Å². The van der Waals surface area contributed by atoms with Gasteiger partial charge in [0.05, 0.1) is 12.4 Å². The van der Waals surface area contributed by atoms with Crippen molar-refractivity contribution in [1.82, 2.24) is 9.80 Å². The maximum Gasteiger partial charge on any atom is 0.148 e. The van der Waals surface area contributed by atoms with Gasteiger partial charge in [0.15, 0.2) is 0 Å². The summed E-state index contributed by atoms with van der Waals surface area (Å²) in [6.07, 6.45) is 2.41. The molecule has 0 spiro atoms. The van der Waals surface area contributed by atoms with Crippen molar-refractivity contribution in [2.24, 2.45) is 0 Å². The van der Waals surface area contributed by atoms with Crippen LogP contribution in [0.1, 0.15) is 20.3 Å².